The first-order valence-electron chi connectivity index (χ1n) is 9.91. The number of aliphatic carboxylic acids is 1. The minimum Gasteiger partial charge on any atom is -0.481 e. The maximum atomic E-state index is 12.1. The third kappa shape index (κ3) is 5.69. The van der Waals surface area contributed by atoms with Crippen molar-refractivity contribution in [3.05, 3.63) is 35.4 Å². The standard InChI is InChI=1S/C22H35NO3.ClH/c1-16(2)23(17(3)4)15-12-18-6-8-19(9-7-18)22(21(24)25)13-10-20(26-5)11-14-22;/h6-9,16-17,20H,10-15H2,1-5H3,(H,24,25);1H. The monoisotopic (exact) mass is 397 g/mol. The molecule has 0 aliphatic heterocycles. The van der Waals surface area contributed by atoms with Crippen LogP contribution in [0.3, 0.4) is 0 Å². The van der Waals surface area contributed by atoms with Crippen LogP contribution in [0.4, 0.5) is 0 Å². The number of carbonyl (C=O) groups is 1. The van der Waals surface area contributed by atoms with Gasteiger partial charge in [0.25, 0.3) is 0 Å². The van der Waals surface area contributed by atoms with Gasteiger partial charge in [0.2, 0.25) is 0 Å². The van der Waals surface area contributed by atoms with Crippen LogP contribution < -0.4 is 0 Å². The van der Waals surface area contributed by atoms with Crippen molar-refractivity contribution in [2.45, 2.75) is 83.4 Å². The van der Waals surface area contributed by atoms with Crippen LogP contribution in [-0.4, -0.2) is 47.8 Å². The minimum atomic E-state index is -0.755. The van der Waals surface area contributed by atoms with Crippen LogP contribution in [0, 0.1) is 0 Å². The van der Waals surface area contributed by atoms with Gasteiger partial charge in [-0.25, -0.2) is 0 Å². The Hall–Kier alpha value is -1.10. The lowest BCUT2D eigenvalue weighted by molar-refractivity contribution is -0.146. The first kappa shape index (κ1) is 23.9. The summed E-state index contributed by atoms with van der Waals surface area (Å²) in [6.07, 6.45) is 4.09. The summed E-state index contributed by atoms with van der Waals surface area (Å²) >= 11 is 0. The zero-order valence-electron chi connectivity index (χ0n) is 17.4. The molecule has 0 bridgehead atoms. The SMILES string of the molecule is COC1CCC(C(=O)O)(c2ccc(CCN(C(C)C)C(C)C)cc2)CC1.Cl. The molecule has 0 unspecified atom stereocenters. The van der Waals surface area contributed by atoms with Gasteiger partial charge in [-0.1, -0.05) is 24.3 Å². The highest BCUT2D eigenvalue weighted by Crippen LogP contribution is 2.40. The van der Waals surface area contributed by atoms with Gasteiger partial charge in [-0.2, -0.15) is 0 Å². The molecular formula is C22H36ClNO3. The van der Waals surface area contributed by atoms with Crippen LogP contribution in [0.25, 0.3) is 0 Å². The fourth-order valence-corrected chi connectivity index (χ4v) is 4.31. The Bertz CT molecular complexity index is 570. The van der Waals surface area contributed by atoms with Crippen molar-refractivity contribution in [1.82, 2.24) is 4.90 Å². The van der Waals surface area contributed by atoms with Crippen LogP contribution in [0.1, 0.15) is 64.5 Å². The molecule has 154 valence electrons. The van der Waals surface area contributed by atoms with Gasteiger partial charge < -0.3 is 9.84 Å². The highest BCUT2D eigenvalue weighted by Gasteiger charge is 2.43. The largest absolute Gasteiger partial charge is 0.481 e. The quantitative estimate of drug-likeness (QED) is 0.691. The van der Waals surface area contributed by atoms with Gasteiger partial charge in [0.15, 0.2) is 0 Å². The molecule has 2 rings (SSSR count). The Kier molecular flexibility index (Phi) is 9.26. The maximum absolute atomic E-state index is 12.1. The number of hydrogen-bond acceptors (Lipinski definition) is 3. The molecule has 1 aliphatic rings. The van der Waals surface area contributed by atoms with E-state index in [0.717, 1.165) is 31.4 Å². The summed E-state index contributed by atoms with van der Waals surface area (Å²) in [6, 6.07) is 9.35. The normalized spacial score (nSPS) is 22.9. The molecular weight excluding hydrogens is 362 g/mol. The number of benzene rings is 1. The molecule has 0 spiro atoms. The van der Waals surface area contributed by atoms with E-state index in [2.05, 4.69) is 44.7 Å². The Morgan fingerprint density at radius 1 is 1.15 bits per heavy atom. The van der Waals surface area contributed by atoms with Crippen molar-refractivity contribution < 1.29 is 14.6 Å². The molecule has 27 heavy (non-hydrogen) atoms. The van der Waals surface area contributed by atoms with Gasteiger partial charge in [-0.3, -0.25) is 9.69 Å². The highest BCUT2D eigenvalue weighted by atomic mass is 35.5. The van der Waals surface area contributed by atoms with E-state index in [1.807, 2.05) is 12.1 Å². The average molecular weight is 398 g/mol. The number of carboxylic acids is 1. The predicted molar refractivity (Wildman–Crippen MR) is 113 cm³/mol. The molecule has 1 aromatic carbocycles. The number of halogens is 1. The Balaban J connectivity index is 0.00000364. The topological polar surface area (TPSA) is 49.8 Å². The molecule has 5 heteroatoms. The summed E-state index contributed by atoms with van der Waals surface area (Å²) in [5.74, 6) is -0.703. The van der Waals surface area contributed by atoms with E-state index >= 15 is 0 Å². The van der Waals surface area contributed by atoms with E-state index in [4.69, 9.17) is 4.74 Å². The Morgan fingerprint density at radius 2 is 1.67 bits per heavy atom. The summed E-state index contributed by atoms with van der Waals surface area (Å²) in [5, 5.41) is 9.92. The molecule has 0 heterocycles. The van der Waals surface area contributed by atoms with Crippen molar-refractivity contribution in [2.75, 3.05) is 13.7 Å². The smallest absolute Gasteiger partial charge is 0.314 e. The summed E-state index contributed by atoms with van der Waals surface area (Å²) in [5.41, 5.74) is 1.45. The molecule has 1 aliphatic carbocycles. The van der Waals surface area contributed by atoms with E-state index in [-0.39, 0.29) is 18.5 Å². The second-order valence-corrected chi connectivity index (χ2v) is 8.19. The number of hydrogen-bond donors (Lipinski definition) is 1. The van der Waals surface area contributed by atoms with E-state index in [9.17, 15) is 9.90 Å². The van der Waals surface area contributed by atoms with E-state index in [1.165, 1.54) is 5.56 Å². The molecule has 0 amide bonds. The van der Waals surface area contributed by atoms with Gasteiger partial charge in [-0.05, 0) is 70.9 Å². The van der Waals surface area contributed by atoms with Gasteiger partial charge in [-0.15, -0.1) is 12.4 Å². The lowest BCUT2D eigenvalue weighted by Gasteiger charge is -2.36. The molecule has 0 atom stereocenters. The number of methoxy groups -OCH3 is 1. The molecule has 1 saturated carbocycles. The summed E-state index contributed by atoms with van der Waals surface area (Å²) < 4.78 is 5.41. The predicted octanol–water partition coefficient (Wildman–Crippen LogP) is 4.68. The minimum absolute atomic E-state index is 0. The molecule has 0 saturated heterocycles. The van der Waals surface area contributed by atoms with Crippen molar-refractivity contribution in [3.63, 3.8) is 0 Å². The molecule has 1 fully saturated rings. The number of rotatable bonds is 8. The van der Waals surface area contributed by atoms with Crippen LogP contribution in [0.2, 0.25) is 0 Å². The third-order valence-electron chi connectivity index (χ3n) is 6.02. The van der Waals surface area contributed by atoms with Gasteiger partial charge in [0.05, 0.1) is 11.5 Å². The second-order valence-electron chi connectivity index (χ2n) is 8.19. The fraction of sp³-hybridized carbons (Fsp3) is 0.682. The van der Waals surface area contributed by atoms with Crippen LogP contribution in [-0.2, 0) is 21.4 Å². The third-order valence-corrected chi connectivity index (χ3v) is 6.02. The second kappa shape index (κ2) is 10.4. The molecule has 0 aromatic heterocycles. The molecule has 4 nitrogen and oxygen atoms in total. The van der Waals surface area contributed by atoms with Gasteiger partial charge in [0, 0.05) is 25.7 Å². The van der Waals surface area contributed by atoms with E-state index in [1.54, 1.807) is 7.11 Å². The first-order chi connectivity index (χ1) is 12.3. The van der Waals surface area contributed by atoms with Gasteiger partial charge in [0.1, 0.15) is 0 Å². The van der Waals surface area contributed by atoms with Crippen molar-refractivity contribution in [1.29, 1.82) is 0 Å². The summed E-state index contributed by atoms with van der Waals surface area (Å²) in [4.78, 5) is 14.6. The highest BCUT2D eigenvalue weighted by molar-refractivity contribution is 5.85. The average Bonchev–Trinajstić information content (AvgIpc) is 2.61. The summed E-state index contributed by atoms with van der Waals surface area (Å²) in [7, 11) is 1.71. The zero-order chi connectivity index (χ0) is 19.3. The Morgan fingerprint density at radius 3 is 2.07 bits per heavy atom. The lowest BCUT2D eigenvalue weighted by Crippen LogP contribution is -2.41. The molecule has 1 N–H and O–H groups in total. The van der Waals surface area contributed by atoms with E-state index < -0.39 is 11.4 Å². The van der Waals surface area contributed by atoms with Crippen molar-refractivity contribution in [3.8, 4) is 0 Å². The lowest BCUT2D eigenvalue weighted by atomic mass is 9.68. The van der Waals surface area contributed by atoms with Crippen molar-refractivity contribution in [2.24, 2.45) is 0 Å². The zero-order valence-corrected chi connectivity index (χ0v) is 18.2. The maximum Gasteiger partial charge on any atom is 0.314 e. The first-order valence-corrected chi connectivity index (χ1v) is 9.91. The summed E-state index contributed by atoms with van der Waals surface area (Å²) in [6.45, 7) is 9.95. The van der Waals surface area contributed by atoms with Crippen molar-refractivity contribution >= 4 is 18.4 Å². The molecule has 0 radical (unpaired) electrons. The van der Waals surface area contributed by atoms with Gasteiger partial charge >= 0.3 is 5.97 Å². The van der Waals surface area contributed by atoms with Crippen LogP contribution in [0.5, 0.6) is 0 Å². The number of ether oxygens (including phenoxy) is 1. The van der Waals surface area contributed by atoms with Crippen LogP contribution >= 0.6 is 12.4 Å². The fourth-order valence-electron chi connectivity index (χ4n) is 4.31. The van der Waals surface area contributed by atoms with Crippen LogP contribution in [0.15, 0.2) is 24.3 Å². The van der Waals surface area contributed by atoms with E-state index in [0.29, 0.717) is 24.9 Å². The number of carboxylic acid groups (broad SMARTS) is 1. The number of nitrogens with zero attached hydrogens (tertiary/aromatic N) is 1. The molecule has 1 aromatic rings. The Labute approximate surface area is 170 Å².